The molecule has 180 valence electrons. The summed E-state index contributed by atoms with van der Waals surface area (Å²) in [6.45, 7) is 0. The summed E-state index contributed by atoms with van der Waals surface area (Å²) in [6, 6.07) is 6.90. The fourth-order valence-corrected chi connectivity index (χ4v) is 4.63. The molecule has 1 fully saturated rings. The molecule has 4 N–H and O–H groups in total. The molecule has 0 unspecified atom stereocenters. The number of hydrogen-bond donors (Lipinski definition) is 4. The number of halogens is 3. The number of hydrogen-bond acceptors (Lipinski definition) is 5. The lowest BCUT2D eigenvalue weighted by Gasteiger charge is -2.30. The van der Waals surface area contributed by atoms with Crippen LogP contribution in [0.5, 0.6) is 0 Å². The van der Waals surface area contributed by atoms with Gasteiger partial charge >= 0.3 is 0 Å². The summed E-state index contributed by atoms with van der Waals surface area (Å²) in [6.07, 6.45) is 5.52. The predicted molar refractivity (Wildman–Crippen MR) is 128 cm³/mol. The largest absolute Gasteiger partial charge is 0.365 e. The average molecular weight is 499 g/mol. The van der Waals surface area contributed by atoms with Gasteiger partial charge in [0.1, 0.15) is 11.5 Å². The van der Waals surface area contributed by atoms with Crippen molar-refractivity contribution in [2.45, 2.75) is 37.8 Å². The number of carbonyl (C=O) groups excluding carboxylic acids is 1. The fourth-order valence-electron chi connectivity index (χ4n) is 4.43. The maximum absolute atomic E-state index is 14.6. The highest BCUT2D eigenvalue weighted by atomic mass is 35.5. The van der Waals surface area contributed by atoms with Crippen LogP contribution in [-0.2, 0) is 0 Å². The van der Waals surface area contributed by atoms with Crippen LogP contribution in [-0.4, -0.2) is 37.9 Å². The number of benzene rings is 1. The third kappa shape index (κ3) is 4.88. The average Bonchev–Trinajstić information content (AvgIpc) is 3.25. The maximum Gasteiger partial charge on any atom is 0.268 e. The van der Waals surface area contributed by atoms with E-state index in [9.17, 15) is 18.4 Å². The number of nitrogens with zero attached hydrogens (tertiary/aromatic N) is 2. The number of amides is 1. The van der Waals surface area contributed by atoms with Crippen LogP contribution in [0.3, 0.4) is 0 Å². The summed E-state index contributed by atoms with van der Waals surface area (Å²) in [5.41, 5.74) is 0.595. The van der Waals surface area contributed by atoms with E-state index in [4.69, 9.17) is 11.6 Å². The van der Waals surface area contributed by atoms with Gasteiger partial charge in [-0.15, -0.1) is 0 Å². The van der Waals surface area contributed by atoms with Gasteiger partial charge in [0, 0.05) is 40.3 Å². The van der Waals surface area contributed by atoms with Crippen molar-refractivity contribution >= 4 is 34.2 Å². The second kappa shape index (κ2) is 9.46. The molecule has 0 aliphatic heterocycles. The van der Waals surface area contributed by atoms with Crippen LogP contribution >= 0.6 is 11.6 Å². The van der Waals surface area contributed by atoms with E-state index in [1.807, 2.05) is 0 Å². The first-order valence-corrected chi connectivity index (χ1v) is 11.5. The molecule has 1 aliphatic carbocycles. The molecule has 1 aliphatic rings. The molecule has 4 aromatic rings. The number of fused-ring (bicyclic) bond motifs is 1. The van der Waals surface area contributed by atoms with E-state index < -0.39 is 11.6 Å². The standard InChI is InChI=1S/C24H21ClF2N6O2/c25-12-7-15-16(10-28-21(15)17(26)8-12)22-29-11-18(27)23(33-22)30-13-3-1-4-14(9-13)31-24(35)19-5-2-6-20(34)32-19/h2,5-8,10-11,13-14,28H,1,3-4,9H2,(H,31,35)(H,32,34)(H,29,30,33)/t13-,14+/m0/s1. The van der Waals surface area contributed by atoms with Crippen molar-refractivity contribution in [2.75, 3.05) is 5.32 Å². The zero-order valence-electron chi connectivity index (χ0n) is 18.4. The van der Waals surface area contributed by atoms with Gasteiger partial charge in [0.2, 0.25) is 5.56 Å². The van der Waals surface area contributed by atoms with E-state index >= 15 is 0 Å². The Hall–Kier alpha value is -3.79. The number of aromatic amines is 2. The minimum Gasteiger partial charge on any atom is -0.365 e. The Morgan fingerprint density at radius 2 is 1.97 bits per heavy atom. The Morgan fingerprint density at radius 3 is 2.80 bits per heavy atom. The predicted octanol–water partition coefficient (Wildman–Crippen LogP) is 4.40. The van der Waals surface area contributed by atoms with Crippen molar-refractivity contribution in [1.82, 2.24) is 25.3 Å². The Morgan fingerprint density at radius 1 is 1.14 bits per heavy atom. The van der Waals surface area contributed by atoms with Crippen LogP contribution in [0.2, 0.25) is 5.02 Å². The summed E-state index contributed by atoms with van der Waals surface area (Å²) < 4.78 is 28.8. The van der Waals surface area contributed by atoms with Gasteiger partial charge < -0.3 is 20.6 Å². The third-order valence-corrected chi connectivity index (χ3v) is 6.27. The first-order chi connectivity index (χ1) is 16.9. The quantitative estimate of drug-likeness (QED) is 0.325. The van der Waals surface area contributed by atoms with Crippen LogP contribution in [0.4, 0.5) is 14.6 Å². The molecule has 3 aromatic heterocycles. The maximum atomic E-state index is 14.6. The van der Waals surface area contributed by atoms with Crippen molar-refractivity contribution in [1.29, 1.82) is 0 Å². The molecular formula is C24H21ClF2N6O2. The van der Waals surface area contributed by atoms with Crippen LogP contribution in [0.1, 0.15) is 36.2 Å². The minimum atomic E-state index is -0.620. The third-order valence-electron chi connectivity index (χ3n) is 6.05. The van der Waals surface area contributed by atoms with Gasteiger partial charge in [0.05, 0.1) is 11.7 Å². The number of nitrogens with one attached hydrogen (secondary N) is 4. The van der Waals surface area contributed by atoms with Crippen molar-refractivity contribution in [3.8, 4) is 11.4 Å². The molecule has 0 bridgehead atoms. The Labute approximate surface area is 203 Å². The molecule has 1 aromatic carbocycles. The van der Waals surface area contributed by atoms with Gasteiger partial charge in [-0.2, -0.15) is 0 Å². The van der Waals surface area contributed by atoms with Crippen molar-refractivity contribution in [3.05, 3.63) is 75.4 Å². The topological polar surface area (TPSA) is 116 Å². The molecule has 35 heavy (non-hydrogen) atoms. The highest BCUT2D eigenvalue weighted by Crippen LogP contribution is 2.31. The minimum absolute atomic E-state index is 0.0243. The van der Waals surface area contributed by atoms with E-state index in [0.29, 0.717) is 17.4 Å². The second-order valence-corrected chi connectivity index (χ2v) is 8.95. The number of H-pyrrole nitrogens is 2. The molecule has 8 nitrogen and oxygen atoms in total. The van der Waals surface area contributed by atoms with Crippen LogP contribution in [0, 0.1) is 11.6 Å². The van der Waals surface area contributed by atoms with Crippen molar-refractivity contribution in [3.63, 3.8) is 0 Å². The van der Waals surface area contributed by atoms with E-state index in [1.165, 1.54) is 24.3 Å². The second-order valence-electron chi connectivity index (χ2n) is 8.51. The number of pyridine rings is 1. The number of rotatable bonds is 5. The lowest BCUT2D eigenvalue weighted by molar-refractivity contribution is 0.0921. The van der Waals surface area contributed by atoms with Crippen LogP contribution < -0.4 is 16.2 Å². The molecule has 2 atom stereocenters. The van der Waals surface area contributed by atoms with Gasteiger partial charge in [-0.3, -0.25) is 9.59 Å². The van der Waals surface area contributed by atoms with Gasteiger partial charge in [-0.25, -0.2) is 18.7 Å². The molecule has 3 heterocycles. The molecule has 1 saturated carbocycles. The van der Waals surface area contributed by atoms with E-state index in [2.05, 4.69) is 30.6 Å². The Balaban J connectivity index is 1.33. The van der Waals surface area contributed by atoms with E-state index in [1.54, 1.807) is 12.3 Å². The van der Waals surface area contributed by atoms with Gasteiger partial charge in [0.25, 0.3) is 5.91 Å². The normalized spacial score (nSPS) is 17.9. The van der Waals surface area contributed by atoms with Crippen LogP contribution in [0.25, 0.3) is 22.3 Å². The molecule has 0 saturated heterocycles. The summed E-state index contributed by atoms with van der Waals surface area (Å²) in [5, 5.41) is 6.78. The summed E-state index contributed by atoms with van der Waals surface area (Å²) in [7, 11) is 0. The monoisotopic (exact) mass is 498 g/mol. The smallest absolute Gasteiger partial charge is 0.268 e. The molecular weight excluding hydrogens is 478 g/mol. The molecule has 11 heteroatoms. The molecule has 1 amide bonds. The van der Waals surface area contributed by atoms with Gasteiger partial charge in [0.15, 0.2) is 17.5 Å². The Kier molecular flexibility index (Phi) is 6.21. The first-order valence-electron chi connectivity index (χ1n) is 11.1. The van der Waals surface area contributed by atoms with Gasteiger partial charge in [-0.05, 0) is 43.9 Å². The molecule has 0 spiro atoms. The lowest BCUT2D eigenvalue weighted by atomic mass is 9.91. The number of carbonyl (C=O) groups is 1. The summed E-state index contributed by atoms with van der Waals surface area (Å²) >= 11 is 6.01. The number of aromatic nitrogens is 4. The van der Waals surface area contributed by atoms with Crippen molar-refractivity contribution in [2.24, 2.45) is 0 Å². The lowest BCUT2D eigenvalue weighted by Crippen LogP contribution is -2.42. The number of anilines is 1. The fraction of sp³-hybridized carbons (Fsp3) is 0.250. The molecule has 5 rings (SSSR count). The van der Waals surface area contributed by atoms with Gasteiger partial charge in [-0.1, -0.05) is 17.7 Å². The van der Waals surface area contributed by atoms with Crippen LogP contribution in [0.15, 0.2) is 47.5 Å². The van der Waals surface area contributed by atoms with E-state index in [-0.39, 0.29) is 51.4 Å². The summed E-state index contributed by atoms with van der Waals surface area (Å²) in [4.78, 5) is 37.8. The highest BCUT2D eigenvalue weighted by molar-refractivity contribution is 6.31. The summed E-state index contributed by atoms with van der Waals surface area (Å²) in [5.74, 6) is -1.25. The van der Waals surface area contributed by atoms with E-state index in [0.717, 1.165) is 25.5 Å². The highest BCUT2D eigenvalue weighted by Gasteiger charge is 2.25. The van der Waals surface area contributed by atoms with Crippen molar-refractivity contribution < 1.29 is 13.6 Å². The molecule has 0 radical (unpaired) electrons. The first kappa shape index (κ1) is 23.0. The SMILES string of the molecule is O=C(N[C@@H]1CCC[C@H](Nc2nc(-c3c[nH]c4c(F)cc(Cl)cc34)ncc2F)C1)c1cccc(=O)[nH]1. The Bertz CT molecular complexity index is 1470. The zero-order valence-corrected chi connectivity index (χ0v) is 19.1. The zero-order chi connectivity index (χ0) is 24.5.